The lowest BCUT2D eigenvalue weighted by atomic mass is 9.88. The normalized spacial score (nSPS) is 16.5. The van der Waals surface area contributed by atoms with E-state index in [4.69, 9.17) is 14.2 Å². The Labute approximate surface area is 265 Å². The zero-order valence-corrected chi connectivity index (χ0v) is 25.7. The van der Waals surface area contributed by atoms with Crippen molar-refractivity contribution in [3.63, 3.8) is 0 Å². The van der Waals surface area contributed by atoms with Crippen molar-refractivity contribution in [1.82, 2.24) is 9.88 Å². The van der Waals surface area contributed by atoms with Crippen LogP contribution >= 0.6 is 0 Å². The van der Waals surface area contributed by atoms with E-state index in [0.29, 0.717) is 35.2 Å². The van der Waals surface area contributed by atoms with Crippen LogP contribution in [0.15, 0.2) is 72.9 Å². The predicted molar refractivity (Wildman–Crippen MR) is 167 cm³/mol. The summed E-state index contributed by atoms with van der Waals surface area (Å²) in [5.74, 6) is -1.49. The molecule has 1 saturated carbocycles. The Morgan fingerprint density at radius 2 is 1.41 bits per heavy atom. The quantitative estimate of drug-likeness (QED) is 0.170. The Hall–Kier alpha value is -4.86. The van der Waals surface area contributed by atoms with Gasteiger partial charge in [0.15, 0.2) is 23.1 Å². The standard InChI is InChI=1S/C36H34F2N2O6/c1-23-3-5-24(6-4-23)19-32(41)35(12-13-35)33(42)20-25-7-9-26(10-8-25)45-29-11-16-39-28-22-31(30(44-2)21-27(28)29)46-34(43)40-17-14-36(37,38)15-18-40/h3-11,16,21-22H,12-15,17-20H2,1-2H3. The second-order valence-electron chi connectivity index (χ2n) is 12.1. The fourth-order valence-corrected chi connectivity index (χ4v) is 5.69. The van der Waals surface area contributed by atoms with E-state index < -0.39 is 30.3 Å². The molecule has 1 aromatic heterocycles. The molecule has 10 heteroatoms. The average molecular weight is 629 g/mol. The first-order valence-electron chi connectivity index (χ1n) is 15.3. The van der Waals surface area contributed by atoms with Gasteiger partial charge in [-0.1, -0.05) is 42.0 Å². The highest BCUT2D eigenvalue weighted by atomic mass is 19.3. The van der Waals surface area contributed by atoms with Gasteiger partial charge in [0.25, 0.3) is 5.92 Å². The largest absolute Gasteiger partial charge is 0.493 e. The molecule has 0 bridgehead atoms. The summed E-state index contributed by atoms with van der Waals surface area (Å²) in [7, 11) is 1.43. The van der Waals surface area contributed by atoms with Gasteiger partial charge in [0.2, 0.25) is 0 Å². The van der Waals surface area contributed by atoms with Crippen LogP contribution in [0.4, 0.5) is 13.6 Å². The van der Waals surface area contributed by atoms with Gasteiger partial charge in [-0.3, -0.25) is 14.6 Å². The number of piperidine rings is 1. The SMILES string of the molecule is COc1cc2c(Oc3ccc(CC(=O)C4(C(=O)Cc5ccc(C)cc5)CC4)cc3)ccnc2cc1OC(=O)N1CCC(F)(F)CC1. The number of pyridine rings is 1. The third kappa shape index (κ3) is 6.71. The fourth-order valence-electron chi connectivity index (χ4n) is 5.69. The average Bonchev–Trinajstić information content (AvgIpc) is 3.85. The maximum Gasteiger partial charge on any atom is 0.415 e. The van der Waals surface area contributed by atoms with E-state index in [0.717, 1.165) is 16.7 Å². The van der Waals surface area contributed by atoms with E-state index in [2.05, 4.69) is 4.98 Å². The molecule has 1 aliphatic carbocycles. The topological polar surface area (TPSA) is 95.0 Å². The molecule has 2 fully saturated rings. The van der Waals surface area contributed by atoms with Crippen LogP contribution in [0.25, 0.3) is 10.9 Å². The number of fused-ring (bicyclic) bond motifs is 1. The molecule has 46 heavy (non-hydrogen) atoms. The van der Waals surface area contributed by atoms with Gasteiger partial charge in [0, 0.05) is 56.4 Å². The molecule has 1 saturated heterocycles. The van der Waals surface area contributed by atoms with Crippen molar-refractivity contribution in [3.05, 3.63) is 89.6 Å². The van der Waals surface area contributed by atoms with E-state index >= 15 is 0 Å². The highest BCUT2D eigenvalue weighted by molar-refractivity contribution is 6.11. The summed E-state index contributed by atoms with van der Waals surface area (Å²) < 4.78 is 44.2. The maximum absolute atomic E-state index is 13.5. The predicted octanol–water partition coefficient (Wildman–Crippen LogP) is 7.28. The number of aryl methyl sites for hydroxylation is 1. The van der Waals surface area contributed by atoms with Gasteiger partial charge >= 0.3 is 6.09 Å². The van der Waals surface area contributed by atoms with Gasteiger partial charge in [-0.25, -0.2) is 13.6 Å². The Morgan fingerprint density at radius 3 is 2.00 bits per heavy atom. The van der Waals surface area contributed by atoms with Crippen LogP contribution in [-0.4, -0.2) is 53.7 Å². The van der Waals surface area contributed by atoms with Crippen molar-refractivity contribution in [3.8, 4) is 23.0 Å². The number of benzene rings is 3. The van der Waals surface area contributed by atoms with E-state index in [1.807, 2.05) is 43.3 Å². The van der Waals surface area contributed by atoms with Gasteiger partial charge in [0.1, 0.15) is 11.5 Å². The lowest BCUT2D eigenvalue weighted by Gasteiger charge is -2.31. The number of Topliss-reactive ketones (excluding diaryl/α,β-unsaturated/α-hetero) is 2. The first-order chi connectivity index (χ1) is 22.0. The number of hydrogen-bond acceptors (Lipinski definition) is 7. The number of carbonyl (C=O) groups is 3. The third-order valence-electron chi connectivity index (χ3n) is 8.76. The van der Waals surface area contributed by atoms with Crippen LogP contribution in [0, 0.1) is 12.3 Å². The molecule has 0 radical (unpaired) electrons. The van der Waals surface area contributed by atoms with Crippen molar-refractivity contribution < 1.29 is 37.4 Å². The molecular formula is C36H34F2N2O6. The molecular weight excluding hydrogens is 594 g/mol. The number of nitrogens with zero attached hydrogens (tertiary/aromatic N) is 2. The molecule has 2 heterocycles. The number of ketones is 2. The van der Waals surface area contributed by atoms with E-state index in [9.17, 15) is 23.2 Å². The molecule has 4 aromatic rings. The molecule has 0 N–H and O–H groups in total. The summed E-state index contributed by atoms with van der Waals surface area (Å²) in [6.45, 7) is 1.80. The molecule has 0 atom stereocenters. The smallest absolute Gasteiger partial charge is 0.415 e. The zero-order chi connectivity index (χ0) is 32.5. The second-order valence-corrected chi connectivity index (χ2v) is 12.1. The van der Waals surface area contributed by atoms with Gasteiger partial charge in [-0.2, -0.15) is 0 Å². The van der Waals surface area contributed by atoms with Crippen LogP contribution in [-0.2, 0) is 22.4 Å². The van der Waals surface area contributed by atoms with Crippen molar-refractivity contribution >= 4 is 28.6 Å². The lowest BCUT2D eigenvalue weighted by Crippen LogP contribution is -2.43. The minimum Gasteiger partial charge on any atom is -0.493 e. The number of likely N-dealkylation sites (tertiary alicyclic amines) is 1. The van der Waals surface area contributed by atoms with Crippen molar-refractivity contribution in [2.24, 2.45) is 5.41 Å². The summed E-state index contributed by atoms with van der Waals surface area (Å²) in [6.07, 6.45) is 1.60. The lowest BCUT2D eigenvalue weighted by molar-refractivity contribution is -0.133. The molecule has 1 aliphatic heterocycles. The molecule has 0 spiro atoms. The first kappa shape index (κ1) is 31.1. The Bertz CT molecular complexity index is 1780. The number of ether oxygens (including phenoxy) is 3. The van der Waals surface area contributed by atoms with Crippen LogP contribution in [0.3, 0.4) is 0 Å². The number of amides is 1. The minimum atomic E-state index is -2.78. The van der Waals surface area contributed by atoms with Gasteiger partial charge < -0.3 is 19.1 Å². The molecule has 1 amide bonds. The summed E-state index contributed by atoms with van der Waals surface area (Å²) >= 11 is 0. The molecule has 0 unspecified atom stereocenters. The van der Waals surface area contributed by atoms with E-state index in [1.165, 1.54) is 12.0 Å². The highest BCUT2D eigenvalue weighted by Crippen LogP contribution is 2.49. The summed E-state index contributed by atoms with van der Waals surface area (Å²) in [6, 6.07) is 19.8. The Balaban J connectivity index is 1.11. The number of carbonyl (C=O) groups excluding carboxylic acids is 3. The summed E-state index contributed by atoms with van der Waals surface area (Å²) in [5, 5.41) is 0.596. The third-order valence-corrected chi connectivity index (χ3v) is 8.76. The summed E-state index contributed by atoms with van der Waals surface area (Å²) in [5.41, 5.74) is 2.42. The van der Waals surface area contributed by atoms with E-state index in [-0.39, 0.29) is 49.0 Å². The molecule has 6 rings (SSSR count). The van der Waals surface area contributed by atoms with Crippen LogP contribution in [0.5, 0.6) is 23.0 Å². The van der Waals surface area contributed by atoms with Gasteiger partial charge in [0.05, 0.1) is 18.0 Å². The van der Waals surface area contributed by atoms with Crippen LogP contribution < -0.4 is 14.2 Å². The van der Waals surface area contributed by atoms with Crippen LogP contribution in [0.1, 0.15) is 42.4 Å². The molecule has 238 valence electrons. The number of aromatic nitrogens is 1. The first-order valence-corrected chi connectivity index (χ1v) is 15.3. The molecule has 8 nitrogen and oxygen atoms in total. The number of methoxy groups -OCH3 is 1. The Kier molecular flexibility index (Phi) is 8.46. The number of alkyl halides is 2. The Morgan fingerprint density at radius 1 is 0.804 bits per heavy atom. The zero-order valence-electron chi connectivity index (χ0n) is 25.7. The highest BCUT2D eigenvalue weighted by Gasteiger charge is 2.54. The second kappa shape index (κ2) is 12.5. The summed E-state index contributed by atoms with van der Waals surface area (Å²) in [4.78, 5) is 44.6. The van der Waals surface area contributed by atoms with Crippen molar-refractivity contribution in [2.45, 2.75) is 51.4 Å². The monoisotopic (exact) mass is 628 g/mol. The minimum absolute atomic E-state index is 0.0182. The number of halogens is 2. The number of rotatable bonds is 10. The van der Waals surface area contributed by atoms with Crippen LogP contribution in [0.2, 0.25) is 0 Å². The molecule has 3 aromatic carbocycles. The van der Waals surface area contributed by atoms with E-state index in [1.54, 1.807) is 36.5 Å². The van der Waals surface area contributed by atoms with Gasteiger partial charge in [-0.05, 0) is 55.2 Å². The fraction of sp³-hybridized carbons (Fsp3) is 0.333. The van der Waals surface area contributed by atoms with Crippen molar-refractivity contribution in [1.29, 1.82) is 0 Å². The number of hydrogen-bond donors (Lipinski definition) is 0. The van der Waals surface area contributed by atoms with Crippen molar-refractivity contribution in [2.75, 3.05) is 20.2 Å². The maximum atomic E-state index is 13.5. The van der Waals surface area contributed by atoms with Gasteiger partial charge in [-0.15, -0.1) is 0 Å². The molecule has 2 aliphatic rings.